The normalized spacial score (nSPS) is 12.3. The monoisotopic (exact) mass is 294 g/mol. The molecule has 2 aromatic rings. The SMILES string of the molecule is CC(N)Cc1cnn(Cc2ccc([N+](=O)[O-])cc2Cl)c1. The number of nitrogens with two attached hydrogens (primary N) is 1. The average Bonchev–Trinajstić information content (AvgIpc) is 2.78. The van der Waals surface area contributed by atoms with Crippen LogP contribution in [0.5, 0.6) is 0 Å². The van der Waals surface area contributed by atoms with Crippen molar-refractivity contribution in [3.8, 4) is 0 Å². The Hall–Kier alpha value is -1.92. The van der Waals surface area contributed by atoms with E-state index in [0.717, 1.165) is 17.5 Å². The average molecular weight is 295 g/mol. The van der Waals surface area contributed by atoms with Crippen LogP contribution >= 0.6 is 11.6 Å². The maximum Gasteiger partial charge on any atom is 0.270 e. The van der Waals surface area contributed by atoms with E-state index in [2.05, 4.69) is 5.10 Å². The summed E-state index contributed by atoms with van der Waals surface area (Å²) in [4.78, 5) is 10.2. The third kappa shape index (κ3) is 3.55. The van der Waals surface area contributed by atoms with Gasteiger partial charge >= 0.3 is 0 Å². The van der Waals surface area contributed by atoms with Crippen molar-refractivity contribution in [2.75, 3.05) is 0 Å². The van der Waals surface area contributed by atoms with Crippen LogP contribution in [0.3, 0.4) is 0 Å². The van der Waals surface area contributed by atoms with Gasteiger partial charge in [-0.25, -0.2) is 0 Å². The van der Waals surface area contributed by atoms with Crippen molar-refractivity contribution in [3.63, 3.8) is 0 Å². The molecular formula is C13H15ClN4O2. The maximum atomic E-state index is 10.6. The Labute approximate surface area is 121 Å². The van der Waals surface area contributed by atoms with Crippen LogP contribution in [-0.4, -0.2) is 20.7 Å². The molecule has 1 aromatic heterocycles. The van der Waals surface area contributed by atoms with E-state index in [1.165, 1.54) is 12.1 Å². The summed E-state index contributed by atoms with van der Waals surface area (Å²) >= 11 is 6.05. The summed E-state index contributed by atoms with van der Waals surface area (Å²) in [6.45, 7) is 2.40. The summed E-state index contributed by atoms with van der Waals surface area (Å²) in [7, 11) is 0. The van der Waals surface area contributed by atoms with Gasteiger partial charge in [0.05, 0.1) is 22.7 Å². The van der Waals surface area contributed by atoms with Crippen molar-refractivity contribution in [1.29, 1.82) is 0 Å². The number of nitro groups is 1. The van der Waals surface area contributed by atoms with E-state index >= 15 is 0 Å². The third-order valence-corrected chi connectivity index (χ3v) is 3.18. The molecule has 0 aliphatic rings. The number of aromatic nitrogens is 2. The molecule has 0 saturated carbocycles. The van der Waals surface area contributed by atoms with Crippen LogP contribution in [0.1, 0.15) is 18.1 Å². The van der Waals surface area contributed by atoms with Crippen molar-refractivity contribution in [2.45, 2.75) is 25.9 Å². The second-order valence-electron chi connectivity index (χ2n) is 4.76. The van der Waals surface area contributed by atoms with Crippen molar-refractivity contribution in [3.05, 3.63) is 56.9 Å². The third-order valence-electron chi connectivity index (χ3n) is 2.82. The van der Waals surface area contributed by atoms with Gasteiger partial charge in [-0.3, -0.25) is 14.8 Å². The molecule has 1 atom stereocenters. The zero-order chi connectivity index (χ0) is 14.7. The highest BCUT2D eigenvalue weighted by Crippen LogP contribution is 2.23. The van der Waals surface area contributed by atoms with Crippen LogP contribution in [0.25, 0.3) is 0 Å². The molecule has 0 fully saturated rings. The topological polar surface area (TPSA) is 87.0 Å². The minimum Gasteiger partial charge on any atom is -0.328 e. The van der Waals surface area contributed by atoms with Gasteiger partial charge in [0.1, 0.15) is 0 Å². The number of hydrogen-bond donors (Lipinski definition) is 1. The van der Waals surface area contributed by atoms with Gasteiger partial charge in [0.25, 0.3) is 5.69 Å². The van der Waals surface area contributed by atoms with Crippen LogP contribution < -0.4 is 5.73 Å². The molecule has 0 aliphatic carbocycles. The molecule has 0 amide bonds. The first-order valence-corrected chi connectivity index (χ1v) is 6.53. The summed E-state index contributed by atoms with van der Waals surface area (Å²) in [6, 6.07) is 4.51. The van der Waals surface area contributed by atoms with Crippen molar-refractivity contribution < 1.29 is 4.92 Å². The van der Waals surface area contributed by atoms with Gasteiger partial charge in [0, 0.05) is 24.4 Å². The molecule has 7 heteroatoms. The maximum absolute atomic E-state index is 10.6. The largest absolute Gasteiger partial charge is 0.328 e. The summed E-state index contributed by atoms with van der Waals surface area (Å²) in [5.41, 5.74) is 7.56. The van der Waals surface area contributed by atoms with Crippen LogP contribution in [-0.2, 0) is 13.0 Å². The molecule has 20 heavy (non-hydrogen) atoms. The van der Waals surface area contributed by atoms with E-state index < -0.39 is 4.92 Å². The number of benzene rings is 1. The van der Waals surface area contributed by atoms with E-state index in [1.54, 1.807) is 16.9 Å². The minimum absolute atomic E-state index is 0.0168. The fourth-order valence-electron chi connectivity index (χ4n) is 1.92. The lowest BCUT2D eigenvalue weighted by atomic mass is 10.1. The predicted octanol–water partition coefficient (Wildman–Crippen LogP) is 2.38. The molecule has 106 valence electrons. The van der Waals surface area contributed by atoms with Gasteiger partial charge in [0.2, 0.25) is 0 Å². The van der Waals surface area contributed by atoms with E-state index in [4.69, 9.17) is 17.3 Å². The summed E-state index contributed by atoms with van der Waals surface area (Å²) in [5.74, 6) is 0. The number of nitrogens with zero attached hydrogens (tertiary/aromatic N) is 3. The van der Waals surface area contributed by atoms with E-state index in [0.29, 0.717) is 11.6 Å². The highest BCUT2D eigenvalue weighted by Gasteiger charge is 2.10. The minimum atomic E-state index is -0.468. The van der Waals surface area contributed by atoms with Crippen molar-refractivity contribution >= 4 is 17.3 Å². The predicted molar refractivity (Wildman–Crippen MR) is 76.8 cm³/mol. The molecule has 2 N–H and O–H groups in total. The van der Waals surface area contributed by atoms with Crippen molar-refractivity contribution in [2.24, 2.45) is 5.73 Å². The Kier molecular flexibility index (Phi) is 4.36. The summed E-state index contributed by atoms with van der Waals surface area (Å²) in [5, 5.41) is 15.2. The number of halogens is 1. The molecule has 2 rings (SSSR count). The first-order valence-electron chi connectivity index (χ1n) is 6.15. The molecule has 1 unspecified atom stereocenters. The Morgan fingerprint density at radius 3 is 2.90 bits per heavy atom. The first kappa shape index (κ1) is 14.5. The van der Waals surface area contributed by atoms with Crippen molar-refractivity contribution in [1.82, 2.24) is 9.78 Å². The number of hydrogen-bond acceptors (Lipinski definition) is 4. The smallest absolute Gasteiger partial charge is 0.270 e. The number of rotatable bonds is 5. The lowest BCUT2D eigenvalue weighted by Gasteiger charge is -2.04. The molecule has 1 heterocycles. The number of nitro benzene ring substituents is 1. The zero-order valence-corrected chi connectivity index (χ0v) is 11.7. The van der Waals surface area contributed by atoms with Crippen LogP contribution in [0.15, 0.2) is 30.6 Å². The Morgan fingerprint density at radius 2 is 2.30 bits per heavy atom. The van der Waals surface area contributed by atoms with Crippen LogP contribution in [0, 0.1) is 10.1 Å². The molecule has 0 spiro atoms. The molecule has 0 aliphatic heterocycles. The molecule has 6 nitrogen and oxygen atoms in total. The fraction of sp³-hybridized carbons (Fsp3) is 0.308. The van der Waals surface area contributed by atoms with Crippen LogP contribution in [0.4, 0.5) is 5.69 Å². The molecule has 0 radical (unpaired) electrons. The van der Waals surface area contributed by atoms with E-state index in [-0.39, 0.29) is 11.7 Å². The van der Waals surface area contributed by atoms with Gasteiger partial charge in [0.15, 0.2) is 0 Å². The van der Waals surface area contributed by atoms with Gasteiger partial charge in [-0.1, -0.05) is 11.6 Å². The fourth-order valence-corrected chi connectivity index (χ4v) is 2.16. The van der Waals surface area contributed by atoms with E-state index in [9.17, 15) is 10.1 Å². The molecule has 0 bridgehead atoms. The zero-order valence-electron chi connectivity index (χ0n) is 11.0. The highest BCUT2D eigenvalue weighted by molar-refractivity contribution is 6.31. The second kappa shape index (κ2) is 6.02. The van der Waals surface area contributed by atoms with Crippen LogP contribution in [0.2, 0.25) is 5.02 Å². The van der Waals surface area contributed by atoms with Gasteiger partial charge in [-0.15, -0.1) is 0 Å². The Balaban J connectivity index is 2.13. The lowest BCUT2D eigenvalue weighted by molar-refractivity contribution is -0.384. The van der Waals surface area contributed by atoms with Gasteiger partial charge in [-0.2, -0.15) is 5.10 Å². The quantitative estimate of drug-likeness (QED) is 0.677. The summed E-state index contributed by atoms with van der Waals surface area (Å²) in [6.07, 6.45) is 4.43. The first-order chi connectivity index (χ1) is 9.45. The summed E-state index contributed by atoms with van der Waals surface area (Å²) < 4.78 is 1.74. The lowest BCUT2D eigenvalue weighted by Crippen LogP contribution is -2.17. The Morgan fingerprint density at radius 1 is 1.55 bits per heavy atom. The standard InChI is InChI=1S/C13H15ClN4O2/c1-9(15)4-10-6-16-17(7-10)8-11-2-3-12(18(19)20)5-13(11)14/h2-3,5-7,9H,4,8,15H2,1H3. The van der Waals surface area contributed by atoms with Gasteiger partial charge in [-0.05, 0) is 30.5 Å². The van der Waals surface area contributed by atoms with E-state index in [1.807, 2.05) is 13.1 Å². The highest BCUT2D eigenvalue weighted by atomic mass is 35.5. The van der Waals surface area contributed by atoms with Gasteiger partial charge < -0.3 is 5.73 Å². The second-order valence-corrected chi connectivity index (χ2v) is 5.17. The Bertz CT molecular complexity index is 625. The molecule has 1 aromatic carbocycles. The number of non-ortho nitro benzene ring substituents is 1. The molecular weight excluding hydrogens is 280 g/mol. The molecule has 0 saturated heterocycles.